The first-order chi connectivity index (χ1) is 13.0. The van der Waals surface area contributed by atoms with Crippen LogP contribution in [0.1, 0.15) is 49.5 Å². The van der Waals surface area contributed by atoms with Gasteiger partial charge >= 0.3 is 5.97 Å². The number of carbonyl (C=O) groups excluding carboxylic acids is 1. The lowest BCUT2D eigenvalue weighted by Crippen LogP contribution is -2.36. The van der Waals surface area contributed by atoms with E-state index >= 15 is 0 Å². The van der Waals surface area contributed by atoms with Gasteiger partial charge in [-0.15, -0.1) is 11.3 Å². The maximum absolute atomic E-state index is 12.6. The van der Waals surface area contributed by atoms with E-state index in [1.165, 1.54) is 16.9 Å². The summed E-state index contributed by atoms with van der Waals surface area (Å²) in [5, 5.41) is 12.8. The van der Waals surface area contributed by atoms with Crippen molar-refractivity contribution in [3.05, 3.63) is 34.7 Å². The van der Waals surface area contributed by atoms with Crippen LogP contribution >= 0.6 is 11.3 Å². The molecule has 1 heterocycles. The number of thiazole rings is 1. The molecule has 0 aliphatic heterocycles. The number of anilines is 1. The van der Waals surface area contributed by atoms with Gasteiger partial charge in [0.1, 0.15) is 0 Å². The number of amides is 1. The Morgan fingerprint density at radius 1 is 1.19 bits per heavy atom. The van der Waals surface area contributed by atoms with Gasteiger partial charge in [0.15, 0.2) is 5.13 Å². The number of hydrogen-bond acceptors (Lipinski definition) is 4. The Bertz CT molecular complexity index is 813. The number of carboxylic acids is 1. The fourth-order valence-corrected chi connectivity index (χ4v) is 4.61. The average Bonchev–Trinajstić information content (AvgIpc) is 3.02. The molecule has 6 heteroatoms. The summed E-state index contributed by atoms with van der Waals surface area (Å²) >= 11 is 1.44. The molecule has 0 unspecified atom stereocenters. The van der Waals surface area contributed by atoms with Gasteiger partial charge in [-0.3, -0.25) is 9.59 Å². The molecule has 2 aromatic rings. The highest BCUT2D eigenvalue weighted by Crippen LogP contribution is 2.34. The summed E-state index contributed by atoms with van der Waals surface area (Å²) < 4.78 is 0. The molecule has 2 atom stereocenters. The average molecular weight is 387 g/mol. The third-order valence-electron chi connectivity index (χ3n) is 5.21. The van der Waals surface area contributed by atoms with E-state index in [0.717, 1.165) is 41.8 Å². The minimum absolute atomic E-state index is 0.222. The Morgan fingerprint density at radius 3 is 2.48 bits per heavy atom. The van der Waals surface area contributed by atoms with E-state index in [9.17, 15) is 14.7 Å². The molecule has 144 valence electrons. The Hall–Kier alpha value is -2.21. The van der Waals surface area contributed by atoms with E-state index in [4.69, 9.17) is 0 Å². The van der Waals surface area contributed by atoms with Gasteiger partial charge in [0, 0.05) is 10.4 Å². The first-order valence-corrected chi connectivity index (χ1v) is 10.4. The number of aliphatic carboxylic acids is 1. The van der Waals surface area contributed by atoms with Crippen LogP contribution in [0.15, 0.2) is 24.3 Å². The molecular formula is C21H26N2O3S. The number of benzene rings is 1. The summed E-state index contributed by atoms with van der Waals surface area (Å²) in [6.45, 7) is 4.15. The lowest BCUT2D eigenvalue weighted by molar-refractivity contribution is -0.147. The normalized spacial score (nSPS) is 19.6. The number of hydrogen-bond donors (Lipinski definition) is 2. The van der Waals surface area contributed by atoms with Crippen LogP contribution < -0.4 is 5.32 Å². The van der Waals surface area contributed by atoms with Crippen LogP contribution in [0.3, 0.4) is 0 Å². The zero-order valence-electron chi connectivity index (χ0n) is 15.8. The maximum Gasteiger partial charge on any atom is 0.307 e. The van der Waals surface area contributed by atoms with Crippen LogP contribution in [0.25, 0.3) is 11.3 Å². The van der Waals surface area contributed by atoms with Crippen LogP contribution in [0, 0.1) is 18.8 Å². The van der Waals surface area contributed by atoms with Crippen molar-refractivity contribution in [1.82, 2.24) is 4.98 Å². The minimum atomic E-state index is -0.877. The highest BCUT2D eigenvalue weighted by molar-refractivity contribution is 7.16. The van der Waals surface area contributed by atoms with Crippen molar-refractivity contribution in [2.24, 2.45) is 11.8 Å². The second-order valence-corrected chi connectivity index (χ2v) is 8.40. The molecule has 27 heavy (non-hydrogen) atoms. The lowest BCUT2D eigenvalue weighted by atomic mass is 9.79. The highest BCUT2D eigenvalue weighted by atomic mass is 32.1. The number of rotatable bonds is 6. The quantitative estimate of drug-likeness (QED) is 0.740. The second-order valence-electron chi connectivity index (χ2n) is 7.20. The van der Waals surface area contributed by atoms with Crippen molar-refractivity contribution in [2.75, 3.05) is 5.32 Å². The molecule has 1 saturated carbocycles. The molecular weight excluding hydrogens is 360 g/mol. The summed E-state index contributed by atoms with van der Waals surface area (Å²) in [6, 6.07) is 8.38. The lowest BCUT2D eigenvalue weighted by Gasteiger charge is -2.26. The molecule has 1 aromatic carbocycles. The summed E-state index contributed by atoms with van der Waals surface area (Å²) in [7, 11) is 0. The van der Waals surface area contributed by atoms with Crippen LogP contribution in [-0.4, -0.2) is 22.0 Å². The van der Waals surface area contributed by atoms with Gasteiger partial charge in [-0.2, -0.15) is 0 Å². The van der Waals surface area contributed by atoms with Gasteiger partial charge in [0.25, 0.3) is 0 Å². The first kappa shape index (κ1) is 19.5. The number of aromatic nitrogens is 1. The SMILES string of the molecule is CCCc1ccc(-c2nc(NC(=O)[C@H]3CCCC[C@H]3C(=O)O)sc2C)cc1. The highest BCUT2D eigenvalue weighted by Gasteiger charge is 2.36. The van der Waals surface area contributed by atoms with E-state index in [0.29, 0.717) is 18.0 Å². The molecule has 2 N–H and O–H groups in total. The van der Waals surface area contributed by atoms with E-state index in [-0.39, 0.29) is 5.91 Å². The number of carboxylic acid groups (broad SMARTS) is 1. The largest absolute Gasteiger partial charge is 0.481 e. The summed E-state index contributed by atoms with van der Waals surface area (Å²) in [5.41, 5.74) is 3.21. The second kappa shape index (κ2) is 8.65. The van der Waals surface area contributed by atoms with Crippen molar-refractivity contribution in [1.29, 1.82) is 0 Å². The zero-order valence-corrected chi connectivity index (χ0v) is 16.6. The zero-order chi connectivity index (χ0) is 19.4. The molecule has 1 fully saturated rings. The predicted octanol–water partition coefficient (Wildman–Crippen LogP) is 4.90. The predicted molar refractivity (Wildman–Crippen MR) is 108 cm³/mol. The van der Waals surface area contributed by atoms with Crippen LogP contribution in [-0.2, 0) is 16.0 Å². The van der Waals surface area contributed by atoms with Gasteiger partial charge in [-0.25, -0.2) is 4.98 Å². The number of aryl methyl sites for hydroxylation is 2. The standard InChI is InChI=1S/C21H26N2O3S/c1-3-6-14-9-11-15(12-10-14)18-13(2)27-21(22-18)23-19(24)16-7-4-5-8-17(16)20(25)26/h9-12,16-17H,3-8H2,1-2H3,(H,25,26)(H,22,23,24)/t16-,17+/m0/s1. The molecule has 1 aromatic heterocycles. The maximum atomic E-state index is 12.6. The minimum Gasteiger partial charge on any atom is -0.481 e. The van der Waals surface area contributed by atoms with Gasteiger partial charge in [-0.1, -0.05) is 50.5 Å². The molecule has 0 saturated heterocycles. The van der Waals surface area contributed by atoms with Gasteiger partial charge in [0.2, 0.25) is 5.91 Å². The number of nitrogens with zero attached hydrogens (tertiary/aromatic N) is 1. The van der Waals surface area contributed by atoms with Crippen LogP contribution in [0.2, 0.25) is 0 Å². The Labute approximate surface area is 163 Å². The van der Waals surface area contributed by atoms with Gasteiger partial charge in [0.05, 0.1) is 17.5 Å². The molecule has 0 bridgehead atoms. The first-order valence-electron chi connectivity index (χ1n) is 9.60. The van der Waals surface area contributed by atoms with Crippen LogP contribution in [0.4, 0.5) is 5.13 Å². The smallest absolute Gasteiger partial charge is 0.307 e. The summed E-state index contributed by atoms with van der Waals surface area (Å²) in [5.74, 6) is -2.17. The van der Waals surface area contributed by atoms with E-state index in [1.807, 2.05) is 6.92 Å². The topological polar surface area (TPSA) is 79.3 Å². The van der Waals surface area contributed by atoms with Crippen molar-refractivity contribution in [3.63, 3.8) is 0 Å². The fourth-order valence-electron chi connectivity index (χ4n) is 3.77. The third kappa shape index (κ3) is 4.56. The van der Waals surface area contributed by atoms with Gasteiger partial charge in [-0.05, 0) is 31.7 Å². The molecule has 1 aliphatic rings. The Kier molecular flexibility index (Phi) is 6.26. The monoisotopic (exact) mass is 386 g/mol. The van der Waals surface area contributed by atoms with Crippen molar-refractivity contribution in [2.45, 2.75) is 52.4 Å². The molecule has 5 nitrogen and oxygen atoms in total. The third-order valence-corrected chi connectivity index (χ3v) is 6.10. The molecule has 1 aliphatic carbocycles. The summed E-state index contributed by atoms with van der Waals surface area (Å²) in [6.07, 6.45) is 5.13. The molecule has 0 spiro atoms. The fraction of sp³-hybridized carbons (Fsp3) is 0.476. The van der Waals surface area contributed by atoms with E-state index in [2.05, 4.69) is 41.5 Å². The van der Waals surface area contributed by atoms with E-state index in [1.54, 1.807) is 0 Å². The molecule has 0 radical (unpaired) electrons. The number of carbonyl (C=O) groups is 2. The number of nitrogens with one attached hydrogen (secondary N) is 1. The Balaban J connectivity index is 1.74. The van der Waals surface area contributed by atoms with Crippen molar-refractivity contribution < 1.29 is 14.7 Å². The molecule has 3 rings (SSSR count). The van der Waals surface area contributed by atoms with Crippen molar-refractivity contribution in [3.8, 4) is 11.3 Å². The van der Waals surface area contributed by atoms with Crippen molar-refractivity contribution >= 4 is 28.3 Å². The van der Waals surface area contributed by atoms with E-state index < -0.39 is 17.8 Å². The molecule has 1 amide bonds. The Morgan fingerprint density at radius 2 is 1.85 bits per heavy atom. The summed E-state index contributed by atoms with van der Waals surface area (Å²) in [4.78, 5) is 29.7. The van der Waals surface area contributed by atoms with Gasteiger partial charge < -0.3 is 10.4 Å². The van der Waals surface area contributed by atoms with Crippen LogP contribution in [0.5, 0.6) is 0 Å².